The number of halogens is 1. The molecule has 4 heteroatoms. The summed E-state index contributed by atoms with van der Waals surface area (Å²) in [5.74, 6) is 0.731. The third-order valence-electron chi connectivity index (χ3n) is 3.63. The number of aliphatic hydroxyl groups is 1. The first-order chi connectivity index (χ1) is 8.07. The SMILES string of the molecule is CC1CC(OCC(O)C[N+](C)(C)C)CC(C)(C)C1.[I-]. The zero-order valence-electron chi connectivity index (χ0n) is 13.4. The molecule has 0 amide bonds. The van der Waals surface area contributed by atoms with Crippen LogP contribution in [-0.2, 0) is 4.74 Å². The summed E-state index contributed by atoms with van der Waals surface area (Å²) in [7, 11) is 6.28. The predicted octanol–water partition coefficient (Wildman–Crippen LogP) is -0.711. The summed E-state index contributed by atoms with van der Waals surface area (Å²) in [5, 5.41) is 9.97. The second-order valence-corrected chi connectivity index (χ2v) is 8.00. The van der Waals surface area contributed by atoms with Crippen molar-refractivity contribution >= 4 is 0 Å². The molecule has 116 valence electrons. The highest BCUT2D eigenvalue weighted by molar-refractivity contribution is 4.83. The quantitative estimate of drug-likeness (QED) is 0.501. The van der Waals surface area contributed by atoms with Gasteiger partial charge >= 0.3 is 0 Å². The van der Waals surface area contributed by atoms with Crippen molar-refractivity contribution in [2.75, 3.05) is 34.3 Å². The van der Waals surface area contributed by atoms with E-state index in [0.29, 0.717) is 18.1 Å². The molecule has 1 saturated carbocycles. The molecule has 1 rings (SSSR count). The first-order valence-corrected chi connectivity index (χ1v) is 7.17. The molecule has 1 fully saturated rings. The molecular weight excluding hydrogens is 353 g/mol. The maximum absolute atomic E-state index is 9.97. The maximum Gasteiger partial charge on any atom is 0.126 e. The van der Waals surface area contributed by atoms with E-state index >= 15 is 0 Å². The molecule has 1 aliphatic rings. The minimum Gasteiger partial charge on any atom is -1.00 e. The van der Waals surface area contributed by atoms with E-state index in [1.807, 2.05) is 0 Å². The summed E-state index contributed by atoms with van der Waals surface area (Å²) < 4.78 is 6.71. The van der Waals surface area contributed by atoms with Crippen molar-refractivity contribution in [1.82, 2.24) is 0 Å². The van der Waals surface area contributed by atoms with Crippen LogP contribution < -0.4 is 24.0 Å². The summed E-state index contributed by atoms with van der Waals surface area (Å²) >= 11 is 0. The smallest absolute Gasteiger partial charge is 0.126 e. The van der Waals surface area contributed by atoms with Gasteiger partial charge in [0.25, 0.3) is 0 Å². The van der Waals surface area contributed by atoms with Crippen molar-refractivity contribution in [3.8, 4) is 0 Å². The summed E-state index contributed by atoms with van der Waals surface area (Å²) in [5.41, 5.74) is 0.382. The average Bonchev–Trinajstić information content (AvgIpc) is 2.08. The third-order valence-corrected chi connectivity index (χ3v) is 3.63. The van der Waals surface area contributed by atoms with E-state index in [4.69, 9.17) is 4.74 Å². The largest absolute Gasteiger partial charge is 1.00 e. The van der Waals surface area contributed by atoms with Gasteiger partial charge in [-0.25, -0.2) is 0 Å². The fourth-order valence-electron chi connectivity index (χ4n) is 3.32. The van der Waals surface area contributed by atoms with Crippen molar-refractivity contribution in [2.24, 2.45) is 11.3 Å². The Hall–Kier alpha value is 0.610. The van der Waals surface area contributed by atoms with Gasteiger partial charge in [0.2, 0.25) is 0 Å². The van der Waals surface area contributed by atoms with Gasteiger partial charge in [-0.3, -0.25) is 0 Å². The van der Waals surface area contributed by atoms with E-state index in [0.717, 1.165) is 29.8 Å². The molecule has 3 atom stereocenters. The number of quaternary nitrogens is 1. The van der Waals surface area contributed by atoms with Crippen molar-refractivity contribution in [3.63, 3.8) is 0 Å². The minimum absolute atomic E-state index is 0. The molecule has 0 heterocycles. The van der Waals surface area contributed by atoms with Gasteiger partial charge in [0.15, 0.2) is 0 Å². The van der Waals surface area contributed by atoms with Gasteiger partial charge in [-0.1, -0.05) is 20.8 Å². The van der Waals surface area contributed by atoms with E-state index in [1.165, 1.54) is 6.42 Å². The minimum atomic E-state index is -0.356. The van der Waals surface area contributed by atoms with Crippen LogP contribution in [0.25, 0.3) is 0 Å². The molecule has 0 bridgehead atoms. The van der Waals surface area contributed by atoms with Crippen LogP contribution in [0.15, 0.2) is 0 Å². The normalized spacial score (nSPS) is 28.6. The van der Waals surface area contributed by atoms with Gasteiger partial charge in [0, 0.05) is 0 Å². The maximum atomic E-state index is 9.97. The highest BCUT2D eigenvalue weighted by Gasteiger charge is 2.32. The fraction of sp³-hybridized carbons (Fsp3) is 1.00. The van der Waals surface area contributed by atoms with Gasteiger partial charge in [-0.2, -0.15) is 0 Å². The van der Waals surface area contributed by atoms with Crippen LogP contribution >= 0.6 is 0 Å². The molecule has 0 spiro atoms. The van der Waals surface area contributed by atoms with E-state index < -0.39 is 0 Å². The van der Waals surface area contributed by atoms with E-state index in [9.17, 15) is 5.11 Å². The monoisotopic (exact) mass is 385 g/mol. The van der Waals surface area contributed by atoms with Crippen LogP contribution in [0, 0.1) is 11.3 Å². The van der Waals surface area contributed by atoms with E-state index in [-0.39, 0.29) is 30.1 Å². The van der Waals surface area contributed by atoms with Crippen LogP contribution in [0.1, 0.15) is 40.0 Å². The molecule has 0 aromatic heterocycles. The summed E-state index contributed by atoms with van der Waals surface area (Å²) in [4.78, 5) is 0. The number of aliphatic hydroxyl groups excluding tert-OH is 1. The van der Waals surface area contributed by atoms with Crippen LogP contribution in [-0.4, -0.2) is 56.1 Å². The highest BCUT2D eigenvalue weighted by atomic mass is 127. The molecule has 0 saturated heterocycles. The molecule has 0 aliphatic heterocycles. The number of likely N-dealkylation sites (N-methyl/N-ethyl adjacent to an activating group) is 1. The van der Waals surface area contributed by atoms with Crippen molar-refractivity contribution < 1.29 is 38.3 Å². The van der Waals surface area contributed by atoms with Crippen LogP contribution in [0.5, 0.6) is 0 Å². The molecule has 1 N–H and O–H groups in total. The van der Waals surface area contributed by atoms with Crippen LogP contribution in [0.4, 0.5) is 0 Å². The lowest BCUT2D eigenvalue weighted by molar-refractivity contribution is -0.873. The Morgan fingerprint density at radius 2 is 1.84 bits per heavy atom. The molecule has 1 aliphatic carbocycles. The molecular formula is C15H32INO2. The second kappa shape index (κ2) is 7.57. The number of hydrogen-bond donors (Lipinski definition) is 1. The number of ether oxygens (including phenoxy) is 1. The van der Waals surface area contributed by atoms with Crippen LogP contribution in [0.3, 0.4) is 0 Å². The number of rotatable bonds is 5. The second-order valence-electron chi connectivity index (χ2n) is 8.00. The fourth-order valence-corrected chi connectivity index (χ4v) is 3.32. The lowest BCUT2D eigenvalue weighted by Crippen LogP contribution is -3.00. The molecule has 0 aromatic carbocycles. The molecule has 3 unspecified atom stereocenters. The summed E-state index contributed by atoms with van der Waals surface area (Å²) in [6, 6.07) is 0. The molecule has 0 aromatic rings. The summed E-state index contributed by atoms with van der Waals surface area (Å²) in [6.45, 7) is 8.16. The van der Waals surface area contributed by atoms with Crippen molar-refractivity contribution in [2.45, 2.75) is 52.2 Å². The average molecular weight is 385 g/mol. The van der Waals surface area contributed by atoms with Gasteiger partial charge < -0.3 is 38.3 Å². The van der Waals surface area contributed by atoms with Crippen molar-refractivity contribution in [3.05, 3.63) is 0 Å². The first kappa shape index (κ1) is 19.6. The lowest BCUT2D eigenvalue weighted by atomic mass is 9.71. The lowest BCUT2D eigenvalue weighted by Gasteiger charge is -2.39. The highest BCUT2D eigenvalue weighted by Crippen LogP contribution is 2.39. The Bertz CT molecular complexity index is 263. The molecule has 19 heavy (non-hydrogen) atoms. The summed E-state index contributed by atoms with van der Waals surface area (Å²) in [6.07, 6.45) is 3.51. The number of nitrogens with zero attached hydrogens (tertiary/aromatic N) is 1. The Morgan fingerprint density at radius 3 is 2.32 bits per heavy atom. The Morgan fingerprint density at radius 1 is 1.26 bits per heavy atom. The topological polar surface area (TPSA) is 29.5 Å². The standard InChI is InChI=1S/C15H32NO2.HI/c1-12-7-14(9-15(2,3)8-12)18-11-13(17)10-16(4,5)6;/h12-14,17H,7-11H2,1-6H3;1H/q+1;/p-1. The first-order valence-electron chi connectivity index (χ1n) is 7.17. The predicted molar refractivity (Wildman–Crippen MR) is 75.4 cm³/mol. The Balaban J connectivity index is 0.00000324. The van der Waals surface area contributed by atoms with Gasteiger partial charge in [0.1, 0.15) is 12.6 Å². The zero-order valence-corrected chi connectivity index (χ0v) is 15.6. The Kier molecular flexibility index (Phi) is 7.81. The third kappa shape index (κ3) is 8.48. The Labute approximate surface area is 136 Å². The van der Waals surface area contributed by atoms with E-state index in [2.05, 4.69) is 41.9 Å². The van der Waals surface area contributed by atoms with Gasteiger partial charge in [-0.15, -0.1) is 0 Å². The number of hydrogen-bond acceptors (Lipinski definition) is 2. The zero-order chi connectivity index (χ0) is 14.0. The van der Waals surface area contributed by atoms with Crippen LogP contribution in [0.2, 0.25) is 0 Å². The molecule has 0 radical (unpaired) electrons. The van der Waals surface area contributed by atoms with Crippen molar-refractivity contribution in [1.29, 1.82) is 0 Å². The van der Waals surface area contributed by atoms with Gasteiger partial charge in [-0.05, 0) is 30.6 Å². The molecule has 3 nitrogen and oxygen atoms in total. The van der Waals surface area contributed by atoms with Gasteiger partial charge in [0.05, 0.1) is 33.9 Å². The van der Waals surface area contributed by atoms with E-state index in [1.54, 1.807) is 0 Å².